The van der Waals surface area contributed by atoms with Gasteiger partial charge in [0.15, 0.2) is 5.13 Å². The first kappa shape index (κ1) is 23.9. The lowest BCUT2D eigenvalue weighted by atomic mass is 9.90. The summed E-state index contributed by atoms with van der Waals surface area (Å²) < 4.78 is 6.82. The number of fused-ring (bicyclic) bond motifs is 1. The fourth-order valence-corrected chi connectivity index (χ4v) is 5.08. The standard InChI is InChI=1S/C28H31N3O2S/c1-4-33-23-17-11-18-24-26(23)29-28(34-24)31(20-12-19-30(2)3)27(32)25(21-13-7-5-8-14-21)22-15-9-6-10-16-22/h5-11,13-18,25H,4,12,19-20H2,1-3H3. The number of anilines is 1. The van der Waals surface area contributed by atoms with E-state index in [4.69, 9.17) is 9.72 Å². The van der Waals surface area contributed by atoms with Gasteiger partial charge in [0.25, 0.3) is 0 Å². The number of amides is 1. The van der Waals surface area contributed by atoms with E-state index in [0.717, 1.165) is 40.1 Å². The third-order valence-corrected chi connectivity index (χ3v) is 6.71. The van der Waals surface area contributed by atoms with Gasteiger partial charge in [0.05, 0.1) is 17.2 Å². The molecule has 176 valence electrons. The Morgan fingerprint density at radius 3 is 2.15 bits per heavy atom. The Morgan fingerprint density at radius 1 is 0.912 bits per heavy atom. The lowest BCUT2D eigenvalue weighted by molar-refractivity contribution is -0.119. The second-order valence-electron chi connectivity index (χ2n) is 8.43. The maximum atomic E-state index is 14.3. The zero-order valence-corrected chi connectivity index (χ0v) is 20.8. The van der Waals surface area contributed by atoms with Crippen LogP contribution in [0.5, 0.6) is 5.75 Å². The summed E-state index contributed by atoms with van der Waals surface area (Å²) in [7, 11) is 4.10. The Balaban J connectivity index is 1.77. The van der Waals surface area contributed by atoms with Crippen LogP contribution in [0.1, 0.15) is 30.4 Å². The second kappa shape index (κ2) is 11.3. The molecule has 1 amide bonds. The van der Waals surface area contributed by atoms with Gasteiger partial charge in [-0.15, -0.1) is 0 Å². The Labute approximate surface area is 205 Å². The van der Waals surface area contributed by atoms with Crippen LogP contribution < -0.4 is 9.64 Å². The van der Waals surface area contributed by atoms with Crippen molar-refractivity contribution in [2.45, 2.75) is 19.3 Å². The van der Waals surface area contributed by atoms with Crippen LogP contribution in [0.25, 0.3) is 10.2 Å². The van der Waals surface area contributed by atoms with E-state index in [1.54, 1.807) is 11.3 Å². The fourth-order valence-electron chi connectivity index (χ4n) is 4.07. The number of carbonyl (C=O) groups excluding carboxylic acids is 1. The van der Waals surface area contributed by atoms with Gasteiger partial charge in [-0.3, -0.25) is 9.69 Å². The number of para-hydroxylation sites is 1. The molecule has 0 N–H and O–H groups in total. The molecule has 0 aliphatic rings. The molecule has 0 spiro atoms. The molecule has 5 nitrogen and oxygen atoms in total. The second-order valence-corrected chi connectivity index (χ2v) is 9.44. The van der Waals surface area contributed by atoms with Crippen LogP contribution in [0.15, 0.2) is 78.9 Å². The molecule has 0 fully saturated rings. The molecule has 0 unspecified atom stereocenters. The predicted molar refractivity (Wildman–Crippen MR) is 141 cm³/mol. The topological polar surface area (TPSA) is 45.7 Å². The van der Waals surface area contributed by atoms with E-state index in [1.807, 2.05) is 90.7 Å². The molecule has 3 aromatic carbocycles. The summed E-state index contributed by atoms with van der Waals surface area (Å²) in [6, 6.07) is 26.0. The highest BCUT2D eigenvalue weighted by atomic mass is 32.1. The quantitative estimate of drug-likeness (QED) is 0.291. The Hall–Kier alpha value is -3.22. The Kier molecular flexibility index (Phi) is 7.93. The lowest BCUT2D eigenvalue weighted by Gasteiger charge is -2.26. The van der Waals surface area contributed by atoms with Gasteiger partial charge in [-0.25, -0.2) is 4.98 Å². The largest absolute Gasteiger partial charge is 0.492 e. The van der Waals surface area contributed by atoms with Crippen molar-refractivity contribution in [3.05, 3.63) is 90.0 Å². The van der Waals surface area contributed by atoms with Crippen LogP contribution in [-0.4, -0.2) is 49.6 Å². The van der Waals surface area contributed by atoms with E-state index in [0.29, 0.717) is 18.3 Å². The Morgan fingerprint density at radius 2 is 1.56 bits per heavy atom. The van der Waals surface area contributed by atoms with Gasteiger partial charge in [0.2, 0.25) is 5.91 Å². The summed E-state index contributed by atoms with van der Waals surface area (Å²) >= 11 is 1.54. The number of benzene rings is 3. The summed E-state index contributed by atoms with van der Waals surface area (Å²) in [6.07, 6.45) is 0.850. The minimum absolute atomic E-state index is 0.0353. The van der Waals surface area contributed by atoms with Gasteiger partial charge in [-0.05, 0) is 57.2 Å². The number of carbonyl (C=O) groups is 1. The molecule has 4 aromatic rings. The van der Waals surface area contributed by atoms with E-state index in [-0.39, 0.29) is 5.91 Å². The number of ether oxygens (including phenoxy) is 1. The molecule has 0 atom stereocenters. The fraction of sp³-hybridized carbons (Fsp3) is 0.286. The van der Waals surface area contributed by atoms with Gasteiger partial charge < -0.3 is 9.64 Å². The van der Waals surface area contributed by atoms with Gasteiger partial charge in [0.1, 0.15) is 11.3 Å². The van der Waals surface area contributed by atoms with Crippen molar-refractivity contribution < 1.29 is 9.53 Å². The minimum atomic E-state index is -0.403. The summed E-state index contributed by atoms with van der Waals surface area (Å²) in [4.78, 5) is 23.2. The molecule has 0 aliphatic heterocycles. The molecule has 0 aliphatic carbocycles. The average molecular weight is 474 g/mol. The van der Waals surface area contributed by atoms with Crippen LogP contribution in [0.2, 0.25) is 0 Å². The first-order valence-electron chi connectivity index (χ1n) is 11.7. The highest BCUT2D eigenvalue weighted by molar-refractivity contribution is 7.22. The number of hydrogen-bond donors (Lipinski definition) is 0. The van der Waals surface area contributed by atoms with Crippen molar-refractivity contribution in [1.29, 1.82) is 0 Å². The monoisotopic (exact) mass is 473 g/mol. The summed E-state index contributed by atoms with van der Waals surface area (Å²) in [5.74, 6) is 0.388. The molecule has 0 saturated heterocycles. The van der Waals surface area contributed by atoms with Crippen LogP contribution in [-0.2, 0) is 4.79 Å². The maximum absolute atomic E-state index is 14.3. The van der Waals surface area contributed by atoms with Crippen molar-refractivity contribution >= 4 is 32.6 Å². The molecule has 6 heteroatoms. The third-order valence-electron chi connectivity index (χ3n) is 5.67. The van der Waals surface area contributed by atoms with E-state index < -0.39 is 5.92 Å². The zero-order valence-electron chi connectivity index (χ0n) is 20.0. The van der Waals surface area contributed by atoms with E-state index >= 15 is 0 Å². The molecular formula is C28H31N3O2S. The molecule has 4 rings (SSSR count). The molecule has 34 heavy (non-hydrogen) atoms. The van der Waals surface area contributed by atoms with Crippen molar-refractivity contribution in [2.24, 2.45) is 0 Å². The van der Waals surface area contributed by atoms with E-state index in [1.165, 1.54) is 0 Å². The molecule has 1 heterocycles. The normalized spacial score (nSPS) is 11.3. The maximum Gasteiger partial charge on any atom is 0.240 e. The number of rotatable bonds is 10. The summed E-state index contributed by atoms with van der Waals surface area (Å²) in [5, 5.41) is 0.711. The van der Waals surface area contributed by atoms with Crippen molar-refractivity contribution in [3.8, 4) is 5.75 Å². The smallest absolute Gasteiger partial charge is 0.240 e. The first-order valence-corrected chi connectivity index (χ1v) is 12.5. The summed E-state index contributed by atoms with van der Waals surface area (Å²) in [5.41, 5.74) is 2.77. The van der Waals surface area contributed by atoms with Crippen molar-refractivity contribution in [2.75, 3.05) is 38.7 Å². The van der Waals surface area contributed by atoms with Crippen LogP contribution >= 0.6 is 11.3 Å². The molecule has 0 saturated carbocycles. The lowest BCUT2D eigenvalue weighted by Crippen LogP contribution is -2.37. The third kappa shape index (κ3) is 5.46. The highest BCUT2D eigenvalue weighted by Crippen LogP contribution is 2.36. The minimum Gasteiger partial charge on any atom is -0.492 e. The number of aromatic nitrogens is 1. The predicted octanol–water partition coefficient (Wildman–Crippen LogP) is 5.81. The Bertz CT molecular complexity index is 1170. The zero-order chi connectivity index (χ0) is 23.9. The highest BCUT2D eigenvalue weighted by Gasteiger charge is 2.30. The molecule has 0 radical (unpaired) electrons. The number of thiazole rings is 1. The molecule has 1 aromatic heterocycles. The van der Waals surface area contributed by atoms with Crippen LogP contribution in [0, 0.1) is 0 Å². The number of nitrogens with zero attached hydrogens (tertiary/aromatic N) is 3. The van der Waals surface area contributed by atoms with Gasteiger partial charge in [-0.2, -0.15) is 0 Å². The van der Waals surface area contributed by atoms with Crippen LogP contribution in [0.3, 0.4) is 0 Å². The van der Waals surface area contributed by atoms with E-state index in [9.17, 15) is 4.79 Å². The van der Waals surface area contributed by atoms with Crippen molar-refractivity contribution in [1.82, 2.24) is 9.88 Å². The molecule has 0 bridgehead atoms. The number of hydrogen-bond acceptors (Lipinski definition) is 5. The SMILES string of the molecule is CCOc1cccc2sc(N(CCCN(C)C)C(=O)C(c3ccccc3)c3ccccc3)nc12. The van der Waals surface area contributed by atoms with Gasteiger partial charge in [-0.1, -0.05) is 78.1 Å². The molecular weight excluding hydrogens is 442 g/mol. The van der Waals surface area contributed by atoms with Crippen molar-refractivity contribution in [3.63, 3.8) is 0 Å². The average Bonchev–Trinajstić information content (AvgIpc) is 3.28. The first-order chi connectivity index (χ1) is 16.6. The van der Waals surface area contributed by atoms with Gasteiger partial charge >= 0.3 is 0 Å². The van der Waals surface area contributed by atoms with Crippen LogP contribution in [0.4, 0.5) is 5.13 Å². The van der Waals surface area contributed by atoms with E-state index in [2.05, 4.69) is 19.0 Å². The summed E-state index contributed by atoms with van der Waals surface area (Å²) in [6.45, 7) is 4.02. The van der Waals surface area contributed by atoms with Gasteiger partial charge in [0, 0.05) is 6.54 Å².